The van der Waals surface area contributed by atoms with Crippen LogP contribution >= 0.6 is 33.3 Å². The summed E-state index contributed by atoms with van der Waals surface area (Å²) >= 11 is 2.20. The fraction of sp³-hybridized carbons (Fsp3) is 0.333. The number of methoxy groups -OCH3 is 1. The molecule has 0 atom stereocenters. The van der Waals surface area contributed by atoms with Gasteiger partial charge in [0.2, 0.25) is 0 Å². The number of hydrogen-bond acceptors (Lipinski definition) is 5. The molecule has 9 heteroatoms. The lowest BCUT2D eigenvalue weighted by Gasteiger charge is -2.10. The molecule has 0 unspecified atom stereocenters. The highest BCUT2D eigenvalue weighted by molar-refractivity contribution is 14.1. The molecule has 2 aromatic rings. The van der Waals surface area contributed by atoms with Gasteiger partial charge >= 0.3 is 0 Å². The second-order valence-electron chi connectivity index (χ2n) is 4.32. The van der Waals surface area contributed by atoms with Gasteiger partial charge < -0.3 is 4.74 Å². The van der Waals surface area contributed by atoms with E-state index in [-0.39, 0.29) is 5.16 Å². The third-order valence-electron chi connectivity index (χ3n) is 2.89. The number of aryl methyl sites for hydroxylation is 1. The Morgan fingerprint density at radius 1 is 1.38 bits per heavy atom. The molecule has 0 saturated heterocycles. The molecule has 1 aromatic carbocycles. The number of aromatic nitrogens is 3. The molecule has 1 heterocycles. The van der Waals surface area contributed by atoms with Crippen LogP contribution in [0.25, 0.3) is 11.4 Å². The monoisotopic (exact) mass is 441 g/mol. The molecule has 0 aliphatic heterocycles. The summed E-state index contributed by atoms with van der Waals surface area (Å²) < 4.78 is 30.7. The predicted octanol–water partition coefficient (Wildman–Crippen LogP) is 2.43. The van der Waals surface area contributed by atoms with Gasteiger partial charge in [-0.05, 0) is 35.1 Å². The van der Waals surface area contributed by atoms with Crippen molar-refractivity contribution in [2.45, 2.75) is 18.6 Å². The molecule has 0 aliphatic rings. The van der Waals surface area contributed by atoms with E-state index in [9.17, 15) is 8.42 Å². The smallest absolute Gasteiger partial charge is 0.296 e. The van der Waals surface area contributed by atoms with Crippen LogP contribution in [0, 0.1) is 10.5 Å². The van der Waals surface area contributed by atoms with Crippen molar-refractivity contribution in [2.75, 3.05) is 13.7 Å². The average molecular weight is 442 g/mol. The highest BCUT2D eigenvalue weighted by Gasteiger charge is 2.24. The first-order valence-corrected chi connectivity index (χ1v) is 9.37. The van der Waals surface area contributed by atoms with Crippen LogP contribution in [0.4, 0.5) is 0 Å². The van der Waals surface area contributed by atoms with Crippen molar-refractivity contribution in [2.24, 2.45) is 0 Å². The number of nitrogens with zero attached hydrogens (tertiary/aromatic N) is 3. The Bertz CT molecular complexity index is 761. The minimum absolute atomic E-state index is 0.270. The van der Waals surface area contributed by atoms with Crippen molar-refractivity contribution in [1.82, 2.24) is 14.8 Å². The van der Waals surface area contributed by atoms with Crippen molar-refractivity contribution in [3.05, 3.63) is 27.3 Å². The van der Waals surface area contributed by atoms with Crippen LogP contribution in [0.3, 0.4) is 0 Å². The molecule has 0 spiro atoms. The topological polar surface area (TPSA) is 74.1 Å². The Morgan fingerprint density at radius 3 is 2.71 bits per heavy atom. The maximum Gasteiger partial charge on any atom is 0.296 e. The van der Waals surface area contributed by atoms with Crippen molar-refractivity contribution in [3.8, 4) is 11.4 Å². The molecule has 0 aliphatic carbocycles. The molecule has 0 saturated carbocycles. The summed E-state index contributed by atoms with van der Waals surface area (Å²) in [5, 5.41) is 7.45. The van der Waals surface area contributed by atoms with Crippen LogP contribution in [0.2, 0.25) is 0 Å². The standard InChI is InChI=1S/C12H13ClIN3O3S/c1-8-4-3-5-9(10(8)14)11-15-16-12(21(13,18)19)17(11)6-7-20-2/h3-5H,6-7H2,1-2H3. The first-order valence-electron chi connectivity index (χ1n) is 5.98. The molecular weight excluding hydrogens is 429 g/mol. The fourth-order valence-corrected chi connectivity index (χ4v) is 3.40. The zero-order valence-electron chi connectivity index (χ0n) is 11.4. The van der Waals surface area contributed by atoms with Crippen molar-refractivity contribution in [3.63, 3.8) is 0 Å². The van der Waals surface area contributed by atoms with Crippen LogP contribution in [-0.4, -0.2) is 36.9 Å². The minimum atomic E-state index is -3.97. The van der Waals surface area contributed by atoms with E-state index in [1.54, 1.807) is 0 Å². The van der Waals surface area contributed by atoms with Gasteiger partial charge in [0.05, 0.1) is 13.2 Å². The summed E-state index contributed by atoms with van der Waals surface area (Å²) in [5.74, 6) is 0.458. The highest BCUT2D eigenvalue weighted by Crippen LogP contribution is 2.28. The van der Waals surface area contributed by atoms with E-state index >= 15 is 0 Å². The Kier molecular flexibility index (Phi) is 5.23. The lowest BCUT2D eigenvalue weighted by Crippen LogP contribution is -2.12. The SMILES string of the molecule is COCCn1c(-c2cccc(C)c2I)nnc1S(=O)(=O)Cl. The summed E-state index contributed by atoms with van der Waals surface area (Å²) in [6.45, 7) is 2.59. The molecule has 0 radical (unpaired) electrons. The van der Waals surface area contributed by atoms with E-state index in [2.05, 4.69) is 32.8 Å². The van der Waals surface area contributed by atoms with Gasteiger partial charge in [-0.1, -0.05) is 18.2 Å². The Hall–Kier alpha value is -0.710. The van der Waals surface area contributed by atoms with Crippen LogP contribution in [0.5, 0.6) is 0 Å². The van der Waals surface area contributed by atoms with Crippen LogP contribution < -0.4 is 0 Å². The van der Waals surface area contributed by atoms with E-state index < -0.39 is 9.05 Å². The van der Waals surface area contributed by atoms with Gasteiger partial charge in [-0.2, -0.15) is 0 Å². The molecule has 0 N–H and O–H groups in total. The second-order valence-corrected chi connectivity index (χ2v) is 7.86. The molecule has 2 rings (SSSR count). The quantitative estimate of drug-likeness (QED) is 0.526. The van der Waals surface area contributed by atoms with Gasteiger partial charge in [0.15, 0.2) is 5.82 Å². The van der Waals surface area contributed by atoms with Gasteiger partial charge in [0, 0.05) is 26.9 Å². The van der Waals surface area contributed by atoms with Crippen molar-refractivity contribution >= 4 is 42.3 Å². The first kappa shape index (κ1) is 16.7. The zero-order valence-corrected chi connectivity index (χ0v) is 15.1. The molecule has 6 nitrogen and oxygen atoms in total. The molecule has 0 fully saturated rings. The van der Waals surface area contributed by atoms with E-state index in [0.717, 1.165) is 14.7 Å². The average Bonchev–Trinajstić information content (AvgIpc) is 2.83. The zero-order chi connectivity index (χ0) is 15.6. The van der Waals surface area contributed by atoms with E-state index in [1.807, 2.05) is 25.1 Å². The first-order chi connectivity index (χ1) is 9.86. The summed E-state index contributed by atoms with van der Waals surface area (Å²) in [5.41, 5.74) is 1.88. The fourth-order valence-electron chi connectivity index (χ4n) is 1.87. The summed E-state index contributed by atoms with van der Waals surface area (Å²) in [4.78, 5) is 0. The van der Waals surface area contributed by atoms with E-state index in [0.29, 0.717) is 19.0 Å². The van der Waals surface area contributed by atoms with Crippen LogP contribution in [-0.2, 0) is 20.3 Å². The highest BCUT2D eigenvalue weighted by atomic mass is 127. The normalized spacial score (nSPS) is 11.8. The molecule has 0 bridgehead atoms. The second kappa shape index (κ2) is 6.59. The molecule has 1 aromatic heterocycles. The lowest BCUT2D eigenvalue weighted by atomic mass is 10.1. The lowest BCUT2D eigenvalue weighted by molar-refractivity contribution is 0.185. The molecule has 21 heavy (non-hydrogen) atoms. The summed E-state index contributed by atoms with van der Waals surface area (Å²) in [6.07, 6.45) is 0. The number of hydrogen-bond donors (Lipinski definition) is 0. The third kappa shape index (κ3) is 3.55. The number of ether oxygens (including phenoxy) is 1. The number of rotatable bonds is 5. The number of halogens is 2. The Balaban J connectivity index is 2.64. The van der Waals surface area contributed by atoms with Gasteiger partial charge in [-0.3, -0.25) is 4.57 Å². The van der Waals surface area contributed by atoms with Gasteiger partial charge in [-0.25, -0.2) is 8.42 Å². The van der Waals surface area contributed by atoms with Crippen molar-refractivity contribution in [1.29, 1.82) is 0 Å². The van der Waals surface area contributed by atoms with Gasteiger partial charge in [0.25, 0.3) is 14.2 Å². The van der Waals surface area contributed by atoms with E-state index in [1.165, 1.54) is 11.7 Å². The summed E-state index contributed by atoms with van der Waals surface area (Å²) in [6, 6.07) is 5.73. The predicted molar refractivity (Wildman–Crippen MR) is 87.8 cm³/mol. The summed E-state index contributed by atoms with van der Waals surface area (Å²) in [7, 11) is 2.99. The Morgan fingerprint density at radius 2 is 2.10 bits per heavy atom. The third-order valence-corrected chi connectivity index (χ3v) is 5.47. The molecule has 114 valence electrons. The molecule has 0 amide bonds. The molecular formula is C12H13ClIN3O3S. The maximum atomic E-state index is 11.6. The minimum Gasteiger partial charge on any atom is -0.383 e. The number of benzene rings is 1. The Labute approximate surface area is 141 Å². The maximum absolute atomic E-state index is 11.6. The van der Waals surface area contributed by atoms with Crippen LogP contribution in [0.1, 0.15) is 5.56 Å². The van der Waals surface area contributed by atoms with Crippen molar-refractivity contribution < 1.29 is 13.2 Å². The largest absolute Gasteiger partial charge is 0.383 e. The van der Waals surface area contributed by atoms with Gasteiger partial charge in [0.1, 0.15) is 0 Å². The van der Waals surface area contributed by atoms with Crippen LogP contribution in [0.15, 0.2) is 23.4 Å². The van der Waals surface area contributed by atoms with Gasteiger partial charge in [-0.15, -0.1) is 10.2 Å². The van der Waals surface area contributed by atoms with E-state index in [4.69, 9.17) is 15.4 Å².